The zero-order valence-corrected chi connectivity index (χ0v) is 14.6. The normalized spacial score (nSPS) is 21.9. The lowest BCUT2D eigenvalue weighted by Gasteiger charge is -2.26. The van der Waals surface area contributed by atoms with Crippen LogP contribution in [0, 0.1) is 0 Å². The molecular weight excluding hydrogens is 322 g/mol. The average Bonchev–Trinajstić information content (AvgIpc) is 3.08. The van der Waals surface area contributed by atoms with Crippen LogP contribution in [0.4, 0.5) is 4.79 Å². The maximum absolute atomic E-state index is 12.1. The highest BCUT2D eigenvalue weighted by Gasteiger charge is 2.22. The van der Waals surface area contributed by atoms with Gasteiger partial charge in [0, 0.05) is 17.0 Å². The topological polar surface area (TPSA) is 74.2 Å². The lowest BCUT2D eigenvalue weighted by molar-refractivity contribution is 0.117. The molecule has 1 aromatic heterocycles. The van der Waals surface area contributed by atoms with E-state index >= 15 is 0 Å². The highest BCUT2D eigenvalue weighted by atomic mass is 32.1. The van der Waals surface area contributed by atoms with Gasteiger partial charge < -0.3 is 15.7 Å². The first-order valence-corrected chi connectivity index (χ1v) is 9.25. The number of aromatic nitrogens is 1. The van der Waals surface area contributed by atoms with Gasteiger partial charge >= 0.3 is 6.03 Å². The molecule has 0 bridgehead atoms. The fourth-order valence-corrected chi connectivity index (χ4v) is 3.77. The number of thiazole rings is 1. The molecule has 128 valence electrons. The molecule has 24 heavy (non-hydrogen) atoms. The molecule has 1 saturated carbocycles. The second kappa shape index (κ2) is 7.77. The van der Waals surface area contributed by atoms with Crippen molar-refractivity contribution < 1.29 is 9.90 Å². The van der Waals surface area contributed by atoms with Gasteiger partial charge in [-0.2, -0.15) is 0 Å². The molecule has 0 spiro atoms. The van der Waals surface area contributed by atoms with Crippen LogP contribution in [0.2, 0.25) is 0 Å². The molecule has 1 atom stereocenters. The summed E-state index contributed by atoms with van der Waals surface area (Å²) in [5.74, 6) is 0. The number of rotatable bonds is 4. The van der Waals surface area contributed by atoms with Crippen molar-refractivity contribution in [3.8, 4) is 11.3 Å². The Balaban J connectivity index is 1.54. The lowest BCUT2D eigenvalue weighted by Crippen LogP contribution is -2.44. The van der Waals surface area contributed by atoms with Crippen LogP contribution in [0.15, 0.2) is 35.7 Å². The molecule has 0 radical (unpaired) electrons. The molecule has 1 fully saturated rings. The number of benzene rings is 1. The fraction of sp³-hybridized carbons (Fsp3) is 0.444. The summed E-state index contributed by atoms with van der Waals surface area (Å²) in [5, 5.41) is 18.4. The molecule has 5 nitrogen and oxygen atoms in total. The second-order valence-corrected chi connectivity index (χ2v) is 7.17. The van der Waals surface area contributed by atoms with E-state index in [1.54, 1.807) is 11.3 Å². The van der Waals surface area contributed by atoms with Crippen molar-refractivity contribution in [3.63, 3.8) is 0 Å². The SMILES string of the molecule is C[C@H](NC(=O)NC1CCC(O)CC1)c1nc(-c2ccccc2)cs1. The van der Waals surface area contributed by atoms with Gasteiger partial charge in [-0.15, -0.1) is 11.3 Å². The molecule has 3 N–H and O–H groups in total. The molecule has 0 aliphatic heterocycles. The molecule has 1 heterocycles. The van der Waals surface area contributed by atoms with Crippen molar-refractivity contribution in [2.24, 2.45) is 0 Å². The minimum atomic E-state index is -0.211. The summed E-state index contributed by atoms with van der Waals surface area (Å²) >= 11 is 1.55. The first kappa shape index (κ1) is 16.9. The lowest BCUT2D eigenvalue weighted by atomic mass is 9.93. The van der Waals surface area contributed by atoms with E-state index in [1.807, 2.05) is 42.6 Å². The molecule has 1 aromatic carbocycles. The van der Waals surface area contributed by atoms with E-state index in [0.29, 0.717) is 0 Å². The van der Waals surface area contributed by atoms with Crippen LogP contribution in [0.3, 0.4) is 0 Å². The van der Waals surface area contributed by atoms with Gasteiger partial charge in [-0.05, 0) is 32.6 Å². The summed E-state index contributed by atoms with van der Waals surface area (Å²) in [4.78, 5) is 16.8. The van der Waals surface area contributed by atoms with E-state index < -0.39 is 0 Å². The van der Waals surface area contributed by atoms with Crippen LogP contribution in [0.1, 0.15) is 43.7 Å². The monoisotopic (exact) mass is 345 g/mol. The molecule has 0 unspecified atom stereocenters. The number of hydrogen-bond acceptors (Lipinski definition) is 4. The number of aliphatic hydroxyl groups is 1. The molecule has 3 rings (SSSR count). The standard InChI is InChI=1S/C18H23N3O2S/c1-12(19-18(23)20-14-7-9-15(22)10-8-14)17-21-16(11-24-17)13-5-3-2-4-6-13/h2-6,11-12,14-15,22H,7-10H2,1H3,(H2,19,20,23)/t12-,14?,15?/m0/s1. The van der Waals surface area contributed by atoms with Gasteiger partial charge in [-0.25, -0.2) is 9.78 Å². The molecular formula is C18H23N3O2S. The Kier molecular flexibility index (Phi) is 5.48. The maximum Gasteiger partial charge on any atom is 0.315 e. The number of urea groups is 1. The van der Waals surface area contributed by atoms with E-state index in [2.05, 4.69) is 15.6 Å². The van der Waals surface area contributed by atoms with Gasteiger partial charge in [-0.3, -0.25) is 0 Å². The van der Waals surface area contributed by atoms with E-state index in [0.717, 1.165) is 41.9 Å². The smallest absolute Gasteiger partial charge is 0.315 e. The van der Waals surface area contributed by atoms with Crippen LogP contribution in [0.5, 0.6) is 0 Å². The first-order valence-electron chi connectivity index (χ1n) is 8.38. The molecule has 1 aliphatic rings. The Morgan fingerprint density at radius 1 is 1.25 bits per heavy atom. The molecule has 0 saturated heterocycles. The minimum Gasteiger partial charge on any atom is -0.393 e. The molecule has 2 aromatic rings. The van der Waals surface area contributed by atoms with Crippen molar-refractivity contribution in [3.05, 3.63) is 40.7 Å². The number of aliphatic hydroxyl groups excluding tert-OH is 1. The third-order valence-electron chi connectivity index (χ3n) is 4.34. The predicted octanol–water partition coefficient (Wildman–Crippen LogP) is 3.47. The third-order valence-corrected chi connectivity index (χ3v) is 5.37. The predicted molar refractivity (Wildman–Crippen MR) is 95.9 cm³/mol. The number of carbonyl (C=O) groups excluding carboxylic acids is 1. The van der Waals surface area contributed by atoms with Crippen molar-refractivity contribution in [1.29, 1.82) is 0 Å². The summed E-state index contributed by atoms with van der Waals surface area (Å²) in [6.45, 7) is 1.94. The number of carbonyl (C=O) groups is 1. The van der Waals surface area contributed by atoms with E-state index in [1.165, 1.54) is 0 Å². The van der Waals surface area contributed by atoms with Crippen molar-refractivity contribution in [1.82, 2.24) is 15.6 Å². The fourth-order valence-electron chi connectivity index (χ4n) is 2.93. The van der Waals surface area contributed by atoms with Gasteiger partial charge in [0.05, 0.1) is 17.8 Å². The highest BCUT2D eigenvalue weighted by molar-refractivity contribution is 7.10. The Bertz CT molecular complexity index is 666. The molecule has 2 amide bonds. The van der Waals surface area contributed by atoms with Crippen LogP contribution < -0.4 is 10.6 Å². The van der Waals surface area contributed by atoms with Gasteiger partial charge in [-0.1, -0.05) is 30.3 Å². The van der Waals surface area contributed by atoms with Gasteiger partial charge in [0.15, 0.2) is 0 Å². The number of nitrogens with one attached hydrogen (secondary N) is 2. The summed E-state index contributed by atoms with van der Waals surface area (Å²) < 4.78 is 0. The van der Waals surface area contributed by atoms with Gasteiger partial charge in [0.1, 0.15) is 5.01 Å². The van der Waals surface area contributed by atoms with Crippen molar-refractivity contribution in [2.75, 3.05) is 0 Å². The quantitative estimate of drug-likeness (QED) is 0.794. The number of nitrogens with zero attached hydrogens (tertiary/aromatic N) is 1. The van der Waals surface area contributed by atoms with E-state index in [9.17, 15) is 9.90 Å². The molecule has 1 aliphatic carbocycles. The van der Waals surface area contributed by atoms with Crippen LogP contribution in [0.25, 0.3) is 11.3 Å². The van der Waals surface area contributed by atoms with Crippen LogP contribution in [-0.4, -0.2) is 28.3 Å². The summed E-state index contributed by atoms with van der Waals surface area (Å²) in [6, 6.07) is 9.87. The van der Waals surface area contributed by atoms with Crippen molar-refractivity contribution >= 4 is 17.4 Å². The van der Waals surface area contributed by atoms with E-state index in [-0.39, 0.29) is 24.2 Å². The second-order valence-electron chi connectivity index (χ2n) is 6.28. The Labute approximate surface area is 146 Å². The van der Waals surface area contributed by atoms with Crippen LogP contribution in [-0.2, 0) is 0 Å². The van der Waals surface area contributed by atoms with Crippen LogP contribution >= 0.6 is 11.3 Å². The largest absolute Gasteiger partial charge is 0.393 e. The first-order chi connectivity index (χ1) is 11.6. The molecule has 6 heteroatoms. The highest BCUT2D eigenvalue weighted by Crippen LogP contribution is 2.25. The van der Waals surface area contributed by atoms with Crippen molar-refractivity contribution in [2.45, 2.75) is 50.8 Å². The summed E-state index contributed by atoms with van der Waals surface area (Å²) in [7, 11) is 0. The zero-order valence-electron chi connectivity index (χ0n) is 13.7. The summed E-state index contributed by atoms with van der Waals surface area (Å²) in [5.41, 5.74) is 2.02. The Morgan fingerprint density at radius 2 is 1.96 bits per heavy atom. The number of hydrogen-bond donors (Lipinski definition) is 3. The van der Waals surface area contributed by atoms with Gasteiger partial charge in [0.25, 0.3) is 0 Å². The average molecular weight is 345 g/mol. The van der Waals surface area contributed by atoms with Gasteiger partial charge in [0.2, 0.25) is 0 Å². The van der Waals surface area contributed by atoms with E-state index in [4.69, 9.17) is 0 Å². The number of amides is 2. The summed E-state index contributed by atoms with van der Waals surface area (Å²) in [6.07, 6.45) is 2.97. The Hall–Kier alpha value is -1.92. The third kappa shape index (κ3) is 4.33. The minimum absolute atomic E-state index is 0.137. The maximum atomic E-state index is 12.1. The zero-order chi connectivity index (χ0) is 16.9. The Morgan fingerprint density at radius 3 is 2.67 bits per heavy atom.